The van der Waals surface area contributed by atoms with Gasteiger partial charge in [0.05, 0.1) is 34.4 Å². The van der Waals surface area contributed by atoms with Gasteiger partial charge in [-0.05, 0) is 124 Å². The van der Waals surface area contributed by atoms with Crippen molar-refractivity contribution < 1.29 is 28.8 Å². The average molecular weight is 799 g/mol. The molecule has 5 aliphatic rings. The van der Waals surface area contributed by atoms with Crippen molar-refractivity contribution >= 4 is 57.9 Å². The van der Waals surface area contributed by atoms with E-state index in [0.29, 0.717) is 66.9 Å². The molecule has 14 nitrogen and oxygen atoms in total. The van der Waals surface area contributed by atoms with Crippen molar-refractivity contribution in [1.82, 2.24) is 30.0 Å². The number of rotatable bonds is 10. The van der Waals surface area contributed by atoms with Crippen molar-refractivity contribution in [3.8, 4) is 0 Å². The molecule has 14 heteroatoms. The molecule has 0 radical (unpaired) electrons. The van der Waals surface area contributed by atoms with E-state index in [0.717, 1.165) is 73.5 Å². The second-order valence-electron chi connectivity index (χ2n) is 16.7. The minimum absolute atomic E-state index is 0.0783. The van der Waals surface area contributed by atoms with Crippen LogP contribution in [-0.4, -0.2) is 105 Å². The van der Waals surface area contributed by atoms with Crippen LogP contribution in [-0.2, 0) is 20.9 Å². The lowest BCUT2D eigenvalue weighted by Crippen LogP contribution is -2.54. The van der Waals surface area contributed by atoms with Crippen LogP contribution in [0.5, 0.6) is 0 Å². The maximum atomic E-state index is 13.6. The molecule has 4 saturated heterocycles. The van der Waals surface area contributed by atoms with Crippen molar-refractivity contribution in [2.45, 2.75) is 82.7 Å². The van der Waals surface area contributed by atoms with E-state index in [1.54, 1.807) is 12.1 Å². The number of anilines is 2. The van der Waals surface area contributed by atoms with Crippen molar-refractivity contribution in [3.63, 3.8) is 0 Å². The van der Waals surface area contributed by atoms with Crippen LogP contribution in [0.1, 0.15) is 113 Å². The van der Waals surface area contributed by atoms with Gasteiger partial charge in [-0.3, -0.25) is 43.9 Å². The summed E-state index contributed by atoms with van der Waals surface area (Å²) in [5, 5.41) is 5.28. The summed E-state index contributed by atoms with van der Waals surface area (Å²) < 4.78 is 0. The number of carbonyl (C=O) groups excluding carboxylic acids is 6. The number of piperidine rings is 3. The molecular formula is C45H50N8O6. The predicted molar refractivity (Wildman–Crippen MR) is 221 cm³/mol. The van der Waals surface area contributed by atoms with Gasteiger partial charge < -0.3 is 20.1 Å². The molecule has 1 atom stereocenters. The largest absolute Gasteiger partial charge is 0.371 e. The van der Waals surface area contributed by atoms with Crippen molar-refractivity contribution in [3.05, 3.63) is 88.7 Å². The molecule has 0 bridgehead atoms. The van der Waals surface area contributed by atoms with Gasteiger partial charge in [0, 0.05) is 50.3 Å². The van der Waals surface area contributed by atoms with Gasteiger partial charge in [0.1, 0.15) is 11.9 Å². The second kappa shape index (κ2) is 16.4. The lowest BCUT2D eigenvalue weighted by molar-refractivity contribution is -0.136. The fourth-order valence-electron chi connectivity index (χ4n) is 9.64. The summed E-state index contributed by atoms with van der Waals surface area (Å²) in [6.07, 6.45) is 7.46. The maximum absolute atomic E-state index is 13.6. The highest BCUT2D eigenvalue weighted by Crippen LogP contribution is 2.37. The summed E-state index contributed by atoms with van der Waals surface area (Å²) in [5.41, 5.74) is 5.59. The number of imide groups is 2. The summed E-state index contributed by atoms with van der Waals surface area (Å²) >= 11 is 0. The Morgan fingerprint density at radius 1 is 0.814 bits per heavy atom. The molecular weight excluding hydrogens is 749 g/mol. The third-order valence-corrected chi connectivity index (χ3v) is 13.0. The van der Waals surface area contributed by atoms with Gasteiger partial charge in [0.2, 0.25) is 17.7 Å². The zero-order valence-electron chi connectivity index (χ0n) is 33.2. The summed E-state index contributed by atoms with van der Waals surface area (Å²) in [5.74, 6) is -0.336. The number of aromatic nitrogens is 2. The minimum atomic E-state index is -0.997. The Bertz CT molecular complexity index is 2300. The Morgan fingerprint density at radius 2 is 1.58 bits per heavy atom. The molecule has 59 heavy (non-hydrogen) atoms. The molecule has 6 heterocycles. The van der Waals surface area contributed by atoms with E-state index in [1.807, 2.05) is 53.4 Å². The van der Waals surface area contributed by atoms with Crippen LogP contribution in [0.2, 0.25) is 0 Å². The number of imidazole rings is 1. The molecule has 4 aromatic rings. The highest BCUT2D eigenvalue weighted by molar-refractivity contribution is 6.25. The number of likely N-dealkylation sites (tertiary alicyclic amines) is 2. The monoisotopic (exact) mass is 798 g/mol. The number of carbonyl (C=O) groups is 6. The van der Waals surface area contributed by atoms with Gasteiger partial charge in [-0.2, -0.15) is 0 Å². The van der Waals surface area contributed by atoms with Crippen LogP contribution in [0.3, 0.4) is 0 Å². The molecule has 0 aliphatic carbocycles. The Kier molecular flexibility index (Phi) is 10.7. The molecule has 3 N–H and O–H groups in total. The third kappa shape index (κ3) is 7.97. The maximum Gasteiger partial charge on any atom is 0.264 e. The topological polar surface area (TPSA) is 168 Å². The first-order valence-corrected chi connectivity index (χ1v) is 21.2. The van der Waals surface area contributed by atoms with Crippen LogP contribution in [0, 0.1) is 5.92 Å². The molecule has 0 spiro atoms. The van der Waals surface area contributed by atoms with E-state index in [2.05, 4.69) is 25.4 Å². The van der Waals surface area contributed by atoms with Crippen molar-refractivity contribution in [1.29, 1.82) is 0 Å². The summed E-state index contributed by atoms with van der Waals surface area (Å²) in [7, 11) is 0. The Labute approximate surface area is 342 Å². The van der Waals surface area contributed by atoms with Gasteiger partial charge >= 0.3 is 0 Å². The summed E-state index contributed by atoms with van der Waals surface area (Å²) in [4.78, 5) is 93.3. The van der Waals surface area contributed by atoms with Crippen LogP contribution in [0.4, 0.5) is 11.4 Å². The Balaban J connectivity index is 0.719. The molecule has 0 saturated carbocycles. The van der Waals surface area contributed by atoms with Gasteiger partial charge in [-0.25, -0.2) is 4.98 Å². The number of aromatic amines is 1. The number of nitrogens with one attached hydrogen (secondary N) is 3. The van der Waals surface area contributed by atoms with E-state index in [-0.39, 0.29) is 30.2 Å². The van der Waals surface area contributed by atoms with Gasteiger partial charge in [-0.15, -0.1) is 0 Å². The fourth-order valence-corrected chi connectivity index (χ4v) is 9.64. The third-order valence-electron chi connectivity index (χ3n) is 13.0. The Morgan fingerprint density at radius 3 is 2.32 bits per heavy atom. The average Bonchev–Trinajstić information content (AvgIpc) is 3.98. The lowest BCUT2D eigenvalue weighted by atomic mass is 9.88. The van der Waals surface area contributed by atoms with Crippen LogP contribution in [0.25, 0.3) is 11.0 Å². The van der Waals surface area contributed by atoms with Gasteiger partial charge in [0.15, 0.2) is 0 Å². The first-order chi connectivity index (χ1) is 28.7. The fraction of sp³-hybridized carbons (Fsp3) is 0.444. The minimum Gasteiger partial charge on any atom is -0.371 e. The van der Waals surface area contributed by atoms with Crippen molar-refractivity contribution in [2.24, 2.45) is 5.92 Å². The molecule has 1 unspecified atom stereocenters. The van der Waals surface area contributed by atoms with Crippen LogP contribution >= 0.6 is 0 Å². The van der Waals surface area contributed by atoms with Gasteiger partial charge in [-0.1, -0.05) is 18.2 Å². The highest BCUT2D eigenvalue weighted by Gasteiger charge is 2.46. The normalized spacial score (nSPS) is 20.7. The van der Waals surface area contributed by atoms with Crippen molar-refractivity contribution in [2.75, 3.05) is 49.5 Å². The lowest BCUT2D eigenvalue weighted by Gasteiger charge is -2.35. The molecule has 306 valence electrons. The molecule has 6 amide bonds. The number of benzene rings is 3. The van der Waals surface area contributed by atoms with Crippen LogP contribution < -0.4 is 15.5 Å². The van der Waals surface area contributed by atoms with E-state index < -0.39 is 29.7 Å². The van der Waals surface area contributed by atoms with E-state index in [9.17, 15) is 28.8 Å². The van der Waals surface area contributed by atoms with E-state index >= 15 is 0 Å². The smallest absolute Gasteiger partial charge is 0.264 e. The number of fused-ring (bicyclic) bond motifs is 2. The van der Waals surface area contributed by atoms with Crippen LogP contribution in [0.15, 0.2) is 60.7 Å². The molecule has 5 aliphatic heterocycles. The quantitative estimate of drug-likeness (QED) is 0.183. The number of H-pyrrole nitrogens is 1. The number of amides is 6. The molecule has 3 aromatic carbocycles. The van der Waals surface area contributed by atoms with Gasteiger partial charge in [0.25, 0.3) is 17.7 Å². The standard InChI is InChI=1S/C45H50N8O6/c54-39-14-13-37(43(57)49-39)53-44(58)33-4-3-5-36(41(33)45(53)59)51-22-16-28(17-23-51)6-15-40(55)52-24-18-30(19-25-52)29-7-9-31(10-8-29)42(56)46-32-11-12-34-35(26-32)48-38(47-34)27-50-20-1-2-21-50/h3-5,7-12,26,28,30,37H,1-2,6,13-25,27H2,(H,46,56)(H,47,48)(H,49,54,57). The predicted octanol–water partition coefficient (Wildman–Crippen LogP) is 5.22. The number of hydrogen-bond acceptors (Lipinski definition) is 9. The number of hydrogen-bond donors (Lipinski definition) is 3. The van der Waals surface area contributed by atoms with E-state index in [1.165, 1.54) is 18.4 Å². The molecule has 1 aromatic heterocycles. The van der Waals surface area contributed by atoms with E-state index in [4.69, 9.17) is 4.98 Å². The zero-order chi connectivity index (χ0) is 40.6. The summed E-state index contributed by atoms with van der Waals surface area (Å²) in [6, 6.07) is 17.9. The summed E-state index contributed by atoms with van der Waals surface area (Å²) in [6.45, 7) is 5.84. The number of nitrogens with zero attached hydrogens (tertiary/aromatic N) is 5. The zero-order valence-corrected chi connectivity index (χ0v) is 33.2. The first-order valence-electron chi connectivity index (χ1n) is 21.2. The second-order valence-corrected chi connectivity index (χ2v) is 16.7. The first kappa shape index (κ1) is 38.6. The molecule has 9 rings (SSSR count). The molecule has 4 fully saturated rings. The SMILES string of the molecule is O=C1CCC(N2C(=O)c3cccc(N4CCC(CCC(=O)N5CCC(c6ccc(C(=O)Nc7ccc8[nH]c(CN9CCCC9)nc8c7)cc6)CC5)CC4)c3C2=O)C(=O)N1. The Hall–Kier alpha value is -5.89. The highest BCUT2D eigenvalue weighted by atomic mass is 16.2.